The maximum atomic E-state index is 5.83. The summed E-state index contributed by atoms with van der Waals surface area (Å²) in [6.45, 7) is 0. The van der Waals surface area contributed by atoms with Crippen molar-refractivity contribution < 1.29 is 0 Å². The van der Waals surface area contributed by atoms with Crippen LogP contribution in [0.3, 0.4) is 0 Å². The Bertz CT molecular complexity index is 518. The van der Waals surface area contributed by atoms with E-state index in [4.69, 9.17) is 35.4 Å². The largest absolute Gasteiger partial charge is 0.266 e. The van der Waals surface area contributed by atoms with Crippen LogP contribution in [0.4, 0.5) is 0 Å². The molecular formula is C8H4Cl2N2S2. The first-order valence-electron chi connectivity index (χ1n) is 3.68. The maximum absolute atomic E-state index is 5.83. The molecule has 1 N–H and O–H groups in total. The zero-order valence-corrected chi connectivity index (χ0v) is 9.90. The molecule has 2 rings (SSSR count). The third kappa shape index (κ3) is 1.98. The standard InChI is InChI=1S/C8H4Cl2N2S2/c9-6-3-4(8(13)12-11-6)5-1-2-7(10)14-5/h1-3H,(H,12,13). The van der Waals surface area contributed by atoms with E-state index in [0.717, 1.165) is 14.8 Å². The molecule has 0 amide bonds. The monoisotopic (exact) mass is 262 g/mol. The van der Waals surface area contributed by atoms with E-state index in [1.54, 1.807) is 6.07 Å². The highest BCUT2D eigenvalue weighted by atomic mass is 35.5. The Morgan fingerprint density at radius 1 is 1.36 bits per heavy atom. The second kappa shape index (κ2) is 3.98. The average molecular weight is 263 g/mol. The number of nitrogens with zero attached hydrogens (tertiary/aromatic N) is 1. The van der Waals surface area contributed by atoms with Gasteiger partial charge in [0.25, 0.3) is 0 Å². The molecule has 0 aliphatic heterocycles. The van der Waals surface area contributed by atoms with Crippen LogP contribution in [0, 0.1) is 4.64 Å². The van der Waals surface area contributed by atoms with Crippen LogP contribution < -0.4 is 0 Å². The molecule has 0 aliphatic rings. The van der Waals surface area contributed by atoms with Gasteiger partial charge in [0.2, 0.25) is 0 Å². The first kappa shape index (κ1) is 10.1. The van der Waals surface area contributed by atoms with Crippen molar-refractivity contribution in [2.45, 2.75) is 0 Å². The molecule has 2 heterocycles. The van der Waals surface area contributed by atoms with Crippen LogP contribution in [0.15, 0.2) is 18.2 Å². The van der Waals surface area contributed by atoms with Crippen LogP contribution in [-0.2, 0) is 0 Å². The molecule has 6 heteroatoms. The lowest BCUT2D eigenvalue weighted by molar-refractivity contribution is 1.02. The molecule has 0 unspecified atom stereocenters. The Morgan fingerprint density at radius 3 is 2.79 bits per heavy atom. The van der Waals surface area contributed by atoms with Gasteiger partial charge in [-0.2, -0.15) is 5.10 Å². The van der Waals surface area contributed by atoms with Crippen LogP contribution >= 0.6 is 46.8 Å². The van der Waals surface area contributed by atoms with Gasteiger partial charge in [-0.25, -0.2) is 0 Å². The van der Waals surface area contributed by atoms with Crippen molar-refractivity contribution >= 4 is 46.8 Å². The zero-order valence-electron chi connectivity index (χ0n) is 6.75. The van der Waals surface area contributed by atoms with Gasteiger partial charge in [-0.05, 0) is 18.2 Å². The summed E-state index contributed by atoms with van der Waals surface area (Å²) < 4.78 is 1.29. The number of hydrogen-bond donors (Lipinski definition) is 1. The summed E-state index contributed by atoms with van der Waals surface area (Å²) in [4.78, 5) is 0.987. The fraction of sp³-hybridized carbons (Fsp3) is 0. The molecule has 2 nitrogen and oxygen atoms in total. The highest BCUT2D eigenvalue weighted by molar-refractivity contribution is 7.71. The maximum Gasteiger partial charge on any atom is 0.150 e. The van der Waals surface area contributed by atoms with Crippen LogP contribution in [-0.4, -0.2) is 10.2 Å². The van der Waals surface area contributed by atoms with Crippen molar-refractivity contribution in [3.63, 3.8) is 0 Å². The van der Waals surface area contributed by atoms with E-state index in [-0.39, 0.29) is 0 Å². The third-order valence-electron chi connectivity index (χ3n) is 1.61. The molecule has 0 atom stereocenters. The van der Waals surface area contributed by atoms with Gasteiger partial charge >= 0.3 is 0 Å². The first-order valence-corrected chi connectivity index (χ1v) is 5.66. The molecule has 0 saturated heterocycles. The molecular weight excluding hydrogens is 259 g/mol. The molecule has 0 fully saturated rings. The summed E-state index contributed by atoms with van der Waals surface area (Å²) >= 11 is 18.1. The van der Waals surface area contributed by atoms with Crippen molar-refractivity contribution in [3.05, 3.63) is 32.3 Å². The summed E-state index contributed by atoms with van der Waals surface area (Å²) in [6.07, 6.45) is 0. The Hall–Kier alpha value is -0.420. The van der Waals surface area contributed by atoms with E-state index in [1.807, 2.05) is 12.1 Å². The Labute approximate surface area is 99.5 Å². The topological polar surface area (TPSA) is 28.7 Å². The number of rotatable bonds is 1. The summed E-state index contributed by atoms with van der Waals surface area (Å²) in [5, 5.41) is 6.84. The van der Waals surface area contributed by atoms with Crippen molar-refractivity contribution in [2.24, 2.45) is 0 Å². The van der Waals surface area contributed by atoms with E-state index in [9.17, 15) is 0 Å². The molecule has 0 bridgehead atoms. The van der Waals surface area contributed by atoms with Crippen LogP contribution in [0.1, 0.15) is 0 Å². The van der Waals surface area contributed by atoms with E-state index >= 15 is 0 Å². The van der Waals surface area contributed by atoms with Crippen LogP contribution in [0.25, 0.3) is 10.4 Å². The van der Waals surface area contributed by atoms with Gasteiger partial charge in [-0.3, -0.25) is 5.10 Å². The highest BCUT2D eigenvalue weighted by Gasteiger charge is 2.05. The lowest BCUT2D eigenvalue weighted by Crippen LogP contribution is -1.85. The van der Waals surface area contributed by atoms with E-state index in [2.05, 4.69) is 10.2 Å². The quantitative estimate of drug-likeness (QED) is 0.782. The van der Waals surface area contributed by atoms with Gasteiger partial charge in [0, 0.05) is 10.4 Å². The Balaban J connectivity index is 2.61. The molecule has 2 aromatic heterocycles. The minimum Gasteiger partial charge on any atom is -0.266 e. The highest BCUT2D eigenvalue weighted by Crippen LogP contribution is 2.31. The molecule has 0 spiro atoms. The molecule has 0 saturated carbocycles. The van der Waals surface area contributed by atoms with Gasteiger partial charge in [0.05, 0.1) is 4.34 Å². The van der Waals surface area contributed by atoms with Gasteiger partial charge in [0.15, 0.2) is 0 Å². The Kier molecular flexibility index (Phi) is 2.88. The summed E-state index contributed by atoms with van der Waals surface area (Å²) in [5.41, 5.74) is 0.858. The minimum atomic E-state index is 0.387. The van der Waals surface area contributed by atoms with Crippen molar-refractivity contribution in [1.82, 2.24) is 10.2 Å². The molecule has 0 radical (unpaired) electrons. The fourth-order valence-electron chi connectivity index (χ4n) is 1.02. The number of halogens is 2. The normalized spacial score (nSPS) is 10.4. The van der Waals surface area contributed by atoms with E-state index < -0.39 is 0 Å². The van der Waals surface area contributed by atoms with Crippen molar-refractivity contribution in [2.75, 3.05) is 0 Å². The second-order valence-corrected chi connectivity index (χ2v) is 5.05. The van der Waals surface area contributed by atoms with Gasteiger partial charge in [-0.1, -0.05) is 35.4 Å². The summed E-state index contributed by atoms with van der Waals surface area (Å²) in [7, 11) is 0. The predicted molar refractivity (Wildman–Crippen MR) is 62.8 cm³/mol. The molecule has 72 valence electrons. The molecule has 14 heavy (non-hydrogen) atoms. The van der Waals surface area contributed by atoms with E-state index in [1.165, 1.54) is 11.3 Å². The van der Waals surface area contributed by atoms with Gasteiger partial charge < -0.3 is 0 Å². The van der Waals surface area contributed by atoms with Gasteiger partial charge in [0.1, 0.15) is 9.79 Å². The lowest BCUT2D eigenvalue weighted by Gasteiger charge is -1.97. The van der Waals surface area contributed by atoms with Crippen LogP contribution in [0.2, 0.25) is 9.49 Å². The first-order chi connectivity index (χ1) is 6.66. The predicted octanol–water partition coefficient (Wildman–Crippen LogP) is 4.17. The Morgan fingerprint density at radius 2 is 2.14 bits per heavy atom. The molecule has 2 aromatic rings. The number of H-pyrrole nitrogens is 1. The van der Waals surface area contributed by atoms with Crippen LogP contribution in [0.5, 0.6) is 0 Å². The number of thiophene rings is 1. The lowest BCUT2D eigenvalue weighted by atomic mass is 10.2. The van der Waals surface area contributed by atoms with Gasteiger partial charge in [-0.15, -0.1) is 11.3 Å². The molecule has 0 aliphatic carbocycles. The van der Waals surface area contributed by atoms with E-state index in [0.29, 0.717) is 9.79 Å². The summed E-state index contributed by atoms with van der Waals surface area (Å²) in [5.74, 6) is 0. The fourth-order valence-corrected chi connectivity index (χ4v) is 2.52. The molecule has 0 aromatic carbocycles. The number of aromatic nitrogens is 2. The second-order valence-electron chi connectivity index (χ2n) is 2.54. The SMILES string of the molecule is S=c1[nH]nc(Cl)cc1-c1ccc(Cl)s1. The minimum absolute atomic E-state index is 0.387. The smallest absolute Gasteiger partial charge is 0.150 e. The summed E-state index contributed by atoms with van der Waals surface area (Å²) in [6, 6.07) is 5.45. The van der Waals surface area contributed by atoms with Crippen molar-refractivity contribution in [3.8, 4) is 10.4 Å². The third-order valence-corrected chi connectivity index (χ3v) is 3.38. The number of nitrogens with one attached hydrogen (secondary N) is 1. The number of hydrogen-bond acceptors (Lipinski definition) is 3. The number of aromatic amines is 1. The zero-order chi connectivity index (χ0) is 10.1. The average Bonchev–Trinajstić information content (AvgIpc) is 2.56. The van der Waals surface area contributed by atoms with Crippen molar-refractivity contribution in [1.29, 1.82) is 0 Å².